The molecule has 4 atom stereocenters. The highest BCUT2D eigenvalue weighted by Crippen LogP contribution is 2.53. The summed E-state index contributed by atoms with van der Waals surface area (Å²) in [4.78, 5) is 23.8. The molecule has 2 fully saturated rings. The zero-order valence-electron chi connectivity index (χ0n) is 10.5. The van der Waals surface area contributed by atoms with Crippen molar-refractivity contribution in [2.24, 2.45) is 23.7 Å². The Bertz CT molecular complexity index is 283. The van der Waals surface area contributed by atoms with Crippen LogP contribution in [0, 0.1) is 23.7 Å². The molecule has 0 N–H and O–H groups in total. The topological polar surface area (TPSA) is 52.6 Å². The second-order valence-corrected chi connectivity index (χ2v) is 4.89. The molecule has 2 rings (SSSR count). The maximum Gasteiger partial charge on any atom is 0.310 e. The molecule has 0 heterocycles. The second-order valence-electron chi connectivity index (χ2n) is 4.89. The van der Waals surface area contributed by atoms with E-state index in [2.05, 4.69) is 0 Å². The third-order valence-corrected chi connectivity index (χ3v) is 4.03. The molecule has 0 aromatic carbocycles. The number of ether oxygens (including phenoxy) is 2. The van der Waals surface area contributed by atoms with Gasteiger partial charge in [0, 0.05) is 0 Å². The fourth-order valence-corrected chi connectivity index (χ4v) is 3.45. The number of carbonyl (C=O) groups excluding carboxylic acids is 2. The van der Waals surface area contributed by atoms with Crippen LogP contribution in [0.3, 0.4) is 0 Å². The van der Waals surface area contributed by atoms with E-state index in [-0.39, 0.29) is 23.8 Å². The minimum atomic E-state index is -0.257. The minimum Gasteiger partial charge on any atom is -0.466 e. The van der Waals surface area contributed by atoms with Gasteiger partial charge in [-0.1, -0.05) is 0 Å². The summed E-state index contributed by atoms with van der Waals surface area (Å²) >= 11 is 0. The van der Waals surface area contributed by atoms with Gasteiger partial charge in [0.25, 0.3) is 0 Å². The SMILES string of the molecule is CCOC(=O)[C@@H]1[C@@H]2CC[C@@H](C2)[C@H]1C(=O)OCC. The number of esters is 2. The molecule has 17 heavy (non-hydrogen) atoms. The van der Waals surface area contributed by atoms with Gasteiger partial charge in [0.2, 0.25) is 0 Å². The Morgan fingerprint density at radius 2 is 1.35 bits per heavy atom. The molecule has 0 radical (unpaired) electrons. The zero-order chi connectivity index (χ0) is 12.4. The molecule has 0 unspecified atom stereocenters. The fraction of sp³-hybridized carbons (Fsp3) is 0.846. The van der Waals surface area contributed by atoms with E-state index in [1.165, 1.54) is 0 Å². The molecule has 2 bridgehead atoms. The molecular weight excluding hydrogens is 220 g/mol. The van der Waals surface area contributed by atoms with Gasteiger partial charge in [0.1, 0.15) is 0 Å². The largest absolute Gasteiger partial charge is 0.466 e. The van der Waals surface area contributed by atoms with Gasteiger partial charge in [-0.05, 0) is 44.9 Å². The van der Waals surface area contributed by atoms with Gasteiger partial charge in [-0.2, -0.15) is 0 Å². The molecule has 2 aliphatic rings. The third kappa shape index (κ3) is 2.17. The molecule has 0 aliphatic heterocycles. The van der Waals surface area contributed by atoms with Crippen molar-refractivity contribution in [1.82, 2.24) is 0 Å². The molecule has 0 saturated heterocycles. The summed E-state index contributed by atoms with van der Waals surface area (Å²) in [6, 6.07) is 0. The van der Waals surface area contributed by atoms with E-state index < -0.39 is 0 Å². The van der Waals surface area contributed by atoms with Crippen LogP contribution in [0.25, 0.3) is 0 Å². The summed E-state index contributed by atoms with van der Waals surface area (Å²) in [6.45, 7) is 4.35. The minimum absolute atomic E-state index is 0.210. The van der Waals surface area contributed by atoms with Crippen molar-refractivity contribution in [3.05, 3.63) is 0 Å². The van der Waals surface area contributed by atoms with Gasteiger partial charge >= 0.3 is 11.9 Å². The van der Waals surface area contributed by atoms with Crippen LogP contribution in [0.4, 0.5) is 0 Å². The lowest BCUT2D eigenvalue weighted by Crippen LogP contribution is -2.36. The van der Waals surface area contributed by atoms with Crippen LogP contribution in [0.15, 0.2) is 0 Å². The van der Waals surface area contributed by atoms with E-state index in [1.54, 1.807) is 13.8 Å². The Morgan fingerprint density at radius 3 is 1.71 bits per heavy atom. The first kappa shape index (κ1) is 12.4. The number of hydrogen-bond acceptors (Lipinski definition) is 4. The lowest BCUT2D eigenvalue weighted by atomic mass is 9.79. The van der Waals surface area contributed by atoms with Crippen molar-refractivity contribution >= 4 is 11.9 Å². The summed E-state index contributed by atoms with van der Waals surface area (Å²) < 4.78 is 10.2. The van der Waals surface area contributed by atoms with E-state index >= 15 is 0 Å². The molecule has 2 aliphatic carbocycles. The van der Waals surface area contributed by atoms with Gasteiger partial charge in [0.05, 0.1) is 25.0 Å². The summed E-state index contributed by atoms with van der Waals surface area (Å²) in [5.74, 6) is -0.280. The van der Waals surface area contributed by atoms with E-state index in [0.717, 1.165) is 19.3 Å². The molecular formula is C13H20O4. The van der Waals surface area contributed by atoms with Gasteiger partial charge in [-0.3, -0.25) is 9.59 Å². The van der Waals surface area contributed by atoms with Crippen LogP contribution in [0.1, 0.15) is 33.1 Å². The first-order valence-electron chi connectivity index (χ1n) is 6.52. The van der Waals surface area contributed by atoms with Crippen LogP contribution in [-0.2, 0) is 19.1 Å². The quantitative estimate of drug-likeness (QED) is 0.703. The average Bonchev–Trinajstić information content (AvgIpc) is 2.89. The average molecular weight is 240 g/mol. The standard InChI is InChI=1S/C13H20O4/c1-3-16-12(14)10-8-5-6-9(7-8)11(10)13(15)17-4-2/h8-11H,3-7H2,1-2H3/t8-,9+,10-,11-/m1/s1. The summed E-state index contributed by atoms with van der Waals surface area (Å²) in [5.41, 5.74) is 0. The Hall–Kier alpha value is -1.06. The smallest absolute Gasteiger partial charge is 0.310 e. The highest BCUT2D eigenvalue weighted by atomic mass is 16.5. The molecule has 0 amide bonds. The first-order valence-corrected chi connectivity index (χ1v) is 6.52. The van der Waals surface area contributed by atoms with E-state index in [9.17, 15) is 9.59 Å². The van der Waals surface area contributed by atoms with E-state index in [0.29, 0.717) is 25.0 Å². The van der Waals surface area contributed by atoms with Crippen molar-refractivity contribution in [3.8, 4) is 0 Å². The molecule has 2 saturated carbocycles. The number of fused-ring (bicyclic) bond motifs is 2. The van der Waals surface area contributed by atoms with Gasteiger partial charge in [-0.25, -0.2) is 0 Å². The second kappa shape index (κ2) is 5.07. The van der Waals surface area contributed by atoms with E-state index in [4.69, 9.17) is 9.47 Å². The fourth-order valence-electron chi connectivity index (χ4n) is 3.45. The summed E-state index contributed by atoms with van der Waals surface area (Å²) in [5, 5.41) is 0. The van der Waals surface area contributed by atoms with Crippen LogP contribution < -0.4 is 0 Å². The lowest BCUT2D eigenvalue weighted by Gasteiger charge is -2.27. The Labute approximate surface area is 102 Å². The Balaban J connectivity index is 2.11. The predicted molar refractivity (Wildman–Crippen MR) is 61.1 cm³/mol. The molecule has 4 nitrogen and oxygen atoms in total. The van der Waals surface area contributed by atoms with Crippen LogP contribution >= 0.6 is 0 Å². The molecule has 4 heteroatoms. The number of rotatable bonds is 4. The highest BCUT2D eigenvalue weighted by Gasteiger charge is 2.55. The van der Waals surface area contributed by atoms with Gasteiger partial charge in [-0.15, -0.1) is 0 Å². The third-order valence-electron chi connectivity index (χ3n) is 4.03. The van der Waals surface area contributed by atoms with E-state index in [1.807, 2.05) is 0 Å². The van der Waals surface area contributed by atoms with Crippen molar-refractivity contribution < 1.29 is 19.1 Å². The maximum atomic E-state index is 11.9. The monoisotopic (exact) mass is 240 g/mol. The van der Waals surface area contributed by atoms with Crippen molar-refractivity contribution in [3.63, 3.8) is 0 Å². The Morgan fingerprint density at radius 1 is 0.941 bits per heavy atom. The maximum absolute atomic E-state index is 11.9. The predicted octanol–water partition coefficient (Wildman–Crippen LogP) is 1.77. The molecule has 0 aromatic heterocycles. The van der Waals surface area contributed by atoms with Crippen molar-refractivity contribution in [1.29, 1.82) is 0 Å². The zero-order valence-corrected chi connectivity index (χ0v) is 10.5. The molecule has 0 aromatic rings. The number of hydrogen-bond donors (Lipinski definition) is 0. The van der Waals surface area contributed by atoms with Crippen LogP contribution in [-0.4, -0.2) is 25.2 Å². The van der Waals surface area contributed by atoms with Crippen molar-refractivity contribution in [2.45, 2.75) is 33.1 Å². The molecule has 0 spiro atoms. The van der Waals surface area contributed by atoms with Crippen LogP contribution in [0.2, 0.25) is 0 Å². The summed E-state index contributed by atoms with van der Waals surface area (Å²) in [6.07, 6.45) is 3.07. The van der Waals surface area contributed by atoms with Crippen LogP contribution in [0.5, 0.6) is 0 Å². The van der Waals surface area contributed by atoms with Gasteiger partial charge < -0.3 is 9.47 Å². The van der Waals surface area contributed by atoms with Gasteiger partial charge in [0.15, 0.2) is 0 Å². The molecule has 96 valence electrons. The highest BCUT2D eigenvalue weighted by molar-refractivity contribution is 5.83. The summed E-state index contributed by atoms with van der Waals surface area (Å²) in [7, 11) is 0. The number of carbonyl (C=O) groups is 2. The normalized spacial score (nSPS) is 34.7. The first-order chi connectivity index (χ1) is 8.19. The lowest BCUT2D eigenvalue weighted by molar-refractivity contribution is -0.162. The Kier molecular flexibility index (Phi) is 3.69. The van der Waals surface area contributed by atoms with Crippen molar-refractivity contribution in [2.75, 3.05) is 13.2 Å².